The first-order chi connectivity index (χ1) is 15.9. The molecule has 0 spiro atoms. The third kappa shape index (κ3) is 4.05. The maximum absolute atomic E-state index is 13.8. The van der Waals surface area contributed by atoms with Gasteiger partial charge in [0, 0.05) is 17.1 Å². The van der Waals surface area contributed by atoms with E-state index in [9.17, 15) is 9.18 Å². The number of thiazole rings is 1. The molecule has 6 nitrogen and oxygen atoms in total. The third-order valence-corrected chi connectivity index (χ3v) is 7.20. The number of aryl methyl sites for hydroxylation is 1. The van der Waals surface area contributed by atoms with Crippen LogP contribution in [0.25, 0.3) is 21.8 Å². The van der Waals surface area contributed by atoms with E-state index < -0.39 is 0 Å². The molecular weight excluding hydrogens is 463 g/mol. The molecule has 0 N–H and O–H groups in total. The van der Waals surface area contributed by atoms with Crippen LogP contribution >= 0.6 is 22.9 Å². The number of rotatable bonds is 4. The number of halogens is 2. The van der Waals surface area contributed by atoms with Crippen molar-refractivity contribution in [2.24, 2.45) is 0 Å². The van der Waals surface area contributed by atoms with Gasteiger partial charge >= 0.3 is 0 Å². The van der Waals surface area contributed by atoms with Gasteiger partial charge in [-0.15, -0.1) is 11.3 Å². The van der Waals surface area contributed by atoms with E-state index >= 15 is 0 Å². The van der Waals surface area contributed by atoms with Crippen LogP contribution in [-0.4, -0.2) is 32.5 Å². The Bertz CT molecular complexity index is 1350. The van der Waals surface area contributed by atoms with Gasteiger partial charge in [-0.2, -0.15) is 4.98 Å². The number of carbonyl (C=O) groups is 1. The van der Waals surface area contributed by atoms with Gasteiger partial charge in [0.1, 0.15) is 17.6 Å². The molecule has 1 atom stereocenters. The van der Waals surface area contributed by atoms with Crippen molar-refractivity contribution in [3.8, 4) is 21.8 Å². The highest BCUT2D eigenvalue weighted by Gasteiger charge is 2.36. The van der Waals surface area contributed by atoms with Crippen molar-refractivity contribution in [2.45, 2.75) is 32.7 Å². The average Bonchev–Trinajstić information content (AvgIpc) is 3.54. The van der Waals surface area contributed by atoms with Crippen LogP contribution in [0.3, 0.4) is 0 Å². The second kappa shape index (κ2) is 8.68. The van der Waals surface area contributed by atoms with Gasteiger partial charge < -0.3 is 9.42 Å². The zero-order chi connectivity index (χ0) is 23.1. The Morgan fingerprint density at radius 1 is 1.21 bits per heavy atom. The molecule has 4 aromatic rings. The van der Waals surface area contributed by atoms with Crippen molar-refractivity contribution in [1.29, 1.82) is 0 Å². The van der Waals surface area contributed by atoms with Crippen LogP contribution in [0.5, 0.6) is 0 Å². The zero-order valence-electron chi connectivity index (χ0n) is 18.0. The van der Waals surface area contributed by atoms with Crippen molar-refractivity contribution in [1.82, 2.24) is 20.0 Å². The third-order valence-electron chi connectivity index (χ3n) is 5.77. The lowest BCUT2D eigenvalue weighted by Crippen LogP contribution is -2.31. The largest absolute Gasteiger partial charge is 0.337 e. The maximum Gasteiger partial charge on any atom is 0.274 e. The highest BCUT2D eigenvalue weighted by atomic mass is 35.5. The van der Waals surface area contributed by atoms with Gasteiger partial charge in [0.25, 0.3) is 5.91 Å². The van der Waals surface area contributed by atoms with E-state index in [-0.39, 0.29) is 17.8 Å². The number of aromatic nitrogens is 3. The topological polar surface area (TPSA) is 72.1 Å². The van der Waals surface area contributed by atoms with Crippen LogP contribution < -0.4 is 0 Å². The normalized spacial score (nSPS) is 15.9. The first kappa shape index (κ1) is 21.7. The van der Waals surface area contributed by atoms with Gasteiger partial charge in [0.15, 0.2) is 0 Å². The Morgan fingerprint density at radius 2 is 2.03 bits per heavy atom. The zero-order valence-corrected chi connectivity index (χ0v) is 19.6. The summed E-state index contributed by atoms with van der Waals surface area (Å²) >= 11 is 7.61. The highest BCUT2D eigenvalue weighted by Crippen LogP contribution is 2.37. The molecule has 1 saturated heterocycles. The van der Waals surface area contributed by atoms with Crippen LogP contribution in [0, 0.1) is 19.7 Å². The molecular formula is C24H20ClFN4O2S. The highest BCUT2D eigenvalue weighted by molar-refractivity contribution is 7.15. The molecule has 0 bridgehead atoms. The van der Waals surface area contributed by atoms with Gasteiger partial charge in [-0.3, -0.25) is 4.79 Å². The number of carbonyl (C=O) groups excluding carboxylic acids is 1. The molecule has 3 heterocycles. The molecule has 1 aliphatic heterocycles. The quantitative estimate of drug-likeness (QED) is 0.344. The predicted molar refractivity (Wildman–Crippen MR) is 125 cm³/mol. The van der Waals surface area contributed by atoms with Crippen molar-refractivity contribution in [3.63, 3.8) is 0 Å². The van der Waals surface area contributed by atoms with E-state index in [2.05, 4.69) is 15.1 Å². The van der Waals surface area contributed by atoms with Gasteiger partial charge in [-0.25, -0.2) is 9.37 Å². The maximum atomic E-state index is 13.8. The Morgan fingerprint density at radius 3 is 2.85 bits per heavy atom. The molecule has 2 aromatic heterocycles. The number of hydrogen-bond donors (Lipinski definition) is 0. The fourth-order valence-electron chi connectivity index (χ4n) is 4.13. The summed E-state index contributed by atoms with van der Waals surface area (Å²) in [7, 11) is 0. The van der Waals surface area contributed by atoms with E-state index in [0.29, 0.717) is 45.8 Å². The van der Waals surface area contributed by atoms with Gasteiger partial charge in [0.05, 0.1) is 9.88 Å². The first-order valence-corrected chi connectivity index (χ1v) is 11.7. The monoisotopic (exact) mass is 482 g/mol. The Balaban J connectivity index is 1.47. The van der Waals surface area contributed by atoms with Crippen molar-refractivity contribution >= 4 is 28.8 Å². The second-order valence-corrected chi connectivity index (χ2v) is 9.56. The molecule has 1 unspecified atom stereocenters. The lowest BCUT2D eigenvalue weighted by molar-refractivity contribution is 0.0705. The Hall–Kier alpha value is -3.10. The van der Waals surface area contributed by atoms with Gasteiger partial charge in [-0.05, 0) is 56.0 Å². The van der Waals surface area contributed by atoms with Crippen LogP contribution in [-0.2, 0) is 0 Å². The molecule has 0 radical (unpaired) electrons. The lowest BCUT2D eigenvalue weighted by atomic mass is 10.1. The number of hydrogen-bond acceptors (Lipinski definition) is 6. The van der Waals surface area contributed by atoms with Crippen LogP contribution in [0.1, 0.15) is 45.8 Å². The number of amides is 1. The van der Waals surface area contributed by atoms with Gasteiger partial charge in [-0.1, -0.05) is 41.0 Å². The molecule has 2 aromatic carbocycles. The second-order valence-electron chi connectivity index (χ2n) is 7.95. The van der Waals surface area contributed by atoms with Crippen LogP contribution in [0.4, 0.5) is 4.39 Å². The average molecular weight is 483 g/mol. The van der Waals surface area contributed by atoms with E-state index in [1.165, 1.54) is 23.5 Å². The summed E-state index contributed by atoms with van der Waals surface area (Å²) in [5.74, 6) is 0.245. The summed E-state index contributed by atoms with van der Waals surface area (Å²) in [6, 6.07) is 11.4. The van der Waals surface area contributed by atoms with Crippen LogP contribution in [0.2, 0.25) is 5.02 Å². The summed E-state index contributed by atoms with van der Waals surface area (Å²) in [6.07, 6.45) is 1.52. The molecule has 33 heavy (non-hydrogen) atoms. The molecule has 1 aliphatic rings. The predicted octanol–water partition coefficient (Wildman–Crippen LogP) is 6.25. The summed E-state index contributed by atoms with van der Waals surface area (Å²) in [5, 5.41) is 5.51. The first-order valence-electron chi connectivity index (χ1n) is 10.6. The SMILES string of the molecule is Cc1nc(C(=O)N2CCCC2c2nc(-c3cccc(Cl)c3C)no2)c(-c2cccc(F)c2)s1. The van der Waals surface area contributed by atoms with Crippen molar-refractivity contribution < 1.29 is 13.7 Å². The Labute approximate surface area is 199 Å². The molecule has 0 aliphatic carbocycles. The van der Waals surface area contributed by atoms with Crippen molar-refractivity contribution in [3.05, 3.63) is 75.5 Å². The number of nitrogens with zero attached hydrogens (tertiary/aromatic N) is 4. The van der Waals surface area contributed by atoms with Gasteiger partial charge in [0.2, 0.25) is 11.7 Å². The molecule has 168 valence electrons. The Kier molecular flexibility index (Phi) is 5.72. The minimum atomic E-state index is -0.356. The van der Waals surface area contributed by atoms with E-state index in [1.807, 2.05) is 32.0 Å². The molecule has 9 heteroatoms. The summed E-state index contributed by atoms with van der Waals surface area (Å²) in [6.45, 7) is 4.29. The van der Waals surface area contributed by atoms with E-state index in [0.717, 1.165) is 22.6 Å². The fourth-order valence-corrected chi connectivity index (χ4v) is 5.21. The smallest absolute Gasteiger partial charge is 0.274 e. The summed E-state index contributed by atoms with van der Waals surface area (Å²) in [5.41, 5.74) is 2.61. The van der Waals surface area contributed by atoms with Crippen LogP contribution in [0.15, 0.2) is 47.0 Å². The van der Waals surface area contributed by atoms with E-state index in [1.54, 1.807) is 17.0 Å². The molecule has 5 rings (SSSR count). The standard InChI is InChI=1S/C24H20ClFN4O2S/c1-13-17(8-4-9-18(13)25)22-28-23(32-29-22)19-10-5-11-30(19)24(31)20-21(33-14(2)27-20)15-6-3-7-16(26)12-15/h3-4,6-9,12,19H,5,10-11H2,1-2H3. The minimum Gasteiger partial charge on any atom is -0.337 e. The number of likely N-dealkylation sites (tertiary alicyclic amines) is 1. The minimum absolute atomic E-state index is 0.222. The lowest BCUT2D eigenvalue weighted by Gasteiger charge is -2.21. The molecule has 1 amide bonds. The summed E-state index contributed by atoms with van der Waals surface area (Å²) < 4.78 is 19.4. The van der Waals surface area contributed by atoms with Crippen molar-refractivity contribution in [2.75, 3.05) is 6.54 Å². The van der Waals surface area contributed by atoms with E-state index in [4.69, 9.17) is 16.1 Å². The summed E-state index contributed by atoms with van der Waals surface area (Å²) in [4.78, 5) is 25.0. The molecule has 1 fully saturated rings. The fraction of sp³-hybridized carbons (Fsp3) is 0.250. The molecule has 0 saturated carbocycles. The number of benzene rings is 2.